The van der Waals surface area contributed by atoms with E-state index in [-0.39, 0.29) is 5.91 Å². The zero-order chi connectivity index (χ0) is 23.3. The standard InChI is InChI=1S/C24H19ClN4O3S/c25-22-16-21(10-11-23(22)29-14-13-26-17-29)27-24(30)19-6-8-20(9-7-19)28-33(31,32)15-12-18-4-2-1-3-5-18/h1-17,28H,(H,27,30). The van der Waals surface area contributed by atoms with Gasteiger partial charge in [-0.3, -0.25) is 9.52 Å². The minimum Gasteiger partial charge on any atom is -0.322 e. The van der Waals surface area contributed by atoms with Gasteiger partial charge in [-0.1, -0.05) is 41.9 Å². The Morgan fingerprint density at radius 1 is 0.970 bits per heavy atom. The number of sulfonamides is 1. The van der Waals surface area contributed by atoms with Crippen molar-refractivity contribution in [2.75, 3.05) is 10.0 Å². The Labute approximate surface area is 196 Å². The van der Waals surface area contributed by atoms with E-state index in [2.05, 4.69) is 15.0 Å². The highest BCUT2D eigenvalue weighted by Crippen LogP contribution is 2.24. The summed E-state index contributed by atoms with van der Waals surface area (Å²) in [6.07, 6.45) is 6.56. The third-order valence-corrected chi connectivity index (χ3v) is 5.95. The molecule has 9 heteroatoms. The number of hydrogen-bond acceptors (Lipinski definition) is 4. The summed E-state index contributed by atoms with van der Waals surface area (Å²) < 4.78 is 28.8. The van der Waals surface area contributed by atoms with Gasteiger partial charge in [0.2, 0.25) is 0 Å². The number of benzene rings is 3. The van der Waals surface area contributed by atoms with Crippen molar-refractivity contribution in [1.82, 2.24) is 9.55 Å². The second-order valence-corrected chi connectivity index (χ2v) is 9.00. The monoisotopic (exact) mass is 478 g/mol. The molecule has 0 aliphatic carbocycles. The lowest BCUT2D eigenvalue weighted by molar-refractivity contribution is 0.102. The number of nitrogens with zero attached hydrogens (tertiary/aromatic N) is 2. The van der Waals surface area contributed by atoms with Gasteiger partial charge in [0.1, 0.15) is 0 Å². The lowest BCUT2D eigenvalue weighted by Gasteiger charge is -2.10. The van der Waals surface area contributed by atoms with E-state index in [0.29, 0.717) is 22.0 Å². The molecule has 4 rings (SSSR count). The topological polar surface area (TPSA) is 93.1 Å². The van der Waals surface area contributed by atoms with Crippen LogP contribution in [-0.4, -0.2) is 23.9 Å². The first-order chi connectivity index (χ1) is 15.9. The number of anilines is 2. The van der Waals surface area contributed by atoms with Gasteiger partial charge < -0.3 is 9.88 Å². The van der Waals surface area contributed by atoms with Gasteiger partial charge in [0.15, 0.2) is 0 Å². The Kier molecular flexibility index (Phi) is 6.58. The molecule has 1 aromatic heterocycles. The molecule has 0 saturated carbocycles. The van der Waals surface area contributed by atoms with Gasteiger partial charge in [-0.05, 0) is 54.1 Å². The van der Waals surface area contributed by atoms with Crippen molar-refractivity contribution < 1.29 is 13.2 Å². The lowest BCUT2D eigenvalue weighted by atomic mass is 10.2. The normalized spacial score (nSPS) is 11.4. The lowest BCUT2D eigenvalue weighted by Crippen LogP contribution is -2.13. The van der Waals surface area contributed by atoms with Crippen LogP contribution >= 0.6 is 11.6 Å². The molecule has 0 spiro atoms. The van der Waals surface area contributed by atoms with Gasteiger partial charge in [-0.2, -0.15) is 0 Å². The molecule has 1 amide bonds. The number of rotatable bonds is 7. The summed E-state index contributed by atoms with van der Waals surface area (Å²) in [5, 5.41) is 4.33. The summed E-state index contributed by atoms with van der Waals surface area (Å²) in [6, 6.07) is 20.4. The molecule has 33 heavy (non-hydrogen) atoms. The third-order valence-electron chi connectivity index (χ3n) is 4.63. The van der Waals surface area contributed by atoms with E-state index >= 15 is 0 Å². The minimum atomic E-state index is -3.69. The summed E-state index contributed by atoms with van der Waals surface area (Å²) in [4.78, 5) is 16.6. The van der Waals surface area contributed by atoms with Crippen LogP contribution in [0.1, 0.15) is 15.9 Å². The highest BCUT2D eigenvalue weighted by molar-refractivity contribution is 7.95. The zero-order valence-corrected chi connectivity index (χ0v) is 18.8. The van der Waals surface area contributed by atoms with Crippen molar-refractivity contribution in [2.45, 2.75) is 0 Å². The third kappa shape index (κ3) is 5.88. The van der Waals surface area contributed by atoms with Crippen molar-refractivity contribution >= 4 is 45.0 Å². The Balaban J connectivity index is 1.40. The van der Waals surface area contributed by atoms with Crippen LogP contribution < -0.4 is 10.0 Å². The van der Waals surface area contributed by atoms with E-state index in [1.54, 1.807) is 53.6 Å². The molecule has 7 nitrogen and oxygen atoms in total. The first kappa shape index (κ1) is 22.3. The molecule has 3 aromatic carbocycles. The van der Waals surface area contributed by atoms with Crippen molar-refractivity contribution in [1.29, 1.82) is 0 Å². The number of amides is 1. The molecule has 0 unspecified atom stereocenters. The molecule has 0 atom stereocenters. The fraction of sp³-hybridized carbons (Fsp3) is 0. The fourth-order valence-corrected chi connectivity index (χ4v) is 4.17. The van der Waals surface area contributed by atoms with Crippen LogP contribution in [0, 0.1) is 0 Å². The molecule has 0 aliphatic heterocycles. The summed E-state index contributed by atoms with van der Waals surface area (Å²) in [7, 11) is -3.69. The van der Waals surface area contributed by atoms with E-state index < -0.39 is 10.0 Å². The average Bonchev–Trinajstić information content (AvgIpc) is 3.33. The Bertz CT molecular complexity index is 1390. The van der Waals surface area contributed by atoms with Crippen LogP contribution in [-0.2, 0) is 10.0 Å². The molecular weight excluding hydrogens is 460 g/mol. The maximum atomic E-state index is 12.6. The largest absolute Gasteiger partial charge is 0.322 e. The number of halogens is 1. The van der Waals surface area contributed by atoms with E-state index in [1.807, 2.05) is 18.2 Å². The van der Waals surface area contributed by atoms with Crippen molar-refractivity contribution in [3.05, 3.63) is 113 Å². The fourth-order valence-electron chi connectivity index (χ4n) is 3.02. The molecule has 0 radical (unpaired) electrons. The first-order valence-corrected chi connectivity index (χ1v) is 11.8. The number of imidazole rings is 1. The zero-order valence-electron chi connectivity index (χ0n) is 17.2. The van der Waals surface area contributed by atoms with E-state index in [9.17, 15) is 13.2 Å². The van der Waals surface area contributed by atoms with Crippen molar-refractivity contribution in [2.24, 2.45) is 0 Å². The molecule has 0 bridgehead atoms. The molecule has 0 fully saturated rings. The second kappa shape index (κ2) is 9.72. The van der Waals surface area contributed by atoms with Crippen LogP contribution in [0.4, 0.5) is 11.4 Å². The molecule has 0 saturated heterocycles. The van der Waals surface area contributed by atoms with Crippen LogP contribution in [0.5, 0.6) is 0 Å². The average molecular weight is 479 g/mol. The van der Waals surface area contributed by atoms with Crippen molar-refractivity contribution in [3.8, 4) is 5.69 Å². The van der Waals surface area contributed by atoms with Crippen LogP contribution in [0.15, 0.2) is 96.9 Å². The van der Waals surface area contributed by atoms with Gasteiger partial charge in [0.05, 0.1) is 22.4 Å². The number of hydrogen-bond donors (Lipinski definition) is 2. The van der Waals surface area contributed by atoms with Gasteiger partial charge in [0.25, 0.3) is 15.9 Å². The Morgan fingerprint density at radius 2 is 1.70 bits per heavy atom. The van der Waals surface area contributed by atoms with Gasteiger partial charge in [-0.15, -0.1) is 0 Å². The highest BCUT2D eigenvalue weighted by Gasteiger charge is 2.10. The second-order valence-electron chi connectivity index (χ2n) is 7.03. The Morgan fingerprint density at radius 3 is 2.36 bits per heavy atom. The number of nitrogens with one attached hydrogen (secondary N) is 2. The maximum absolute atomic E-state index is 12.6. The quantitative estimate of drug-likeness (QED) is 0.382. The number of aromatic nitrogens is 2. The minimum absolute atomic E-state index is 0.344. The van der Waals surface area contributed by atoms with Gasteiger partial charge >= 0.3 is 0 Å². The van der Waals surface area contributed by atoms with Crippen LogP contribution in [0.3, 0.4) is 0 Å². The summed E-state index contributed by atoms with van der Waals surface area (Å²) in [5.41, 5.74) is 2.76. The summed E-state index contributed by atoms with van der Waals surface area (Å²) >= 11 is 6.33. The van der Waals surface area contributed by atoms with Gasteiger partial charge in [0, 0.05) is 29.3 Å². The van der Waals surface area contributed by atoms with E-state index in [4.69, 9.17) is 11.6 Å². The van der Waals surface area contributed by atoms with Gasteiger partial charge in [-0.25, -0.2) is 13.4 Å². The van der Waals surface area contributed by atoms with E-state index in [1.165, 1.54) is 30.3 Å². The van der Waals surface area contributed by atoms with Crippen LogP contribution in [0.25, 0.3) is 11.8 Å². The smallest absolute Gasteiger partial charge is 0.255 e. The highest BCUT2D eigenvalue weighted by atomic mass is 35.5. The van der Waals surface area contributed by atoms with E-state index in [0.717, 1.165) is 16.7 Å². The number of carbonyl (C=O) groups excluding carboxylic acids is 1. The summed E-state index contributed by atoms with van der Waals surface area (Å²) in [6.45, 7) is 0. The Hall–Kier alpha value is -3.88. The van der Waals surface area contributed by atoms with Crippen LogP contribution in [0.2, 0.25) is 5.02 Å². The molecular formula is C24H19ClN4O3S. The summed E-state index contributed by atoms with van der Waals surface area (Å²) in [5.74, 6) is -0.347. The first-order valence-electron chi connectivity index (χ1n) is 9.85. The molecule has 166 valence electrons. The molecule has 0 aliphatic rings. The maximum Gasteiger partial charge on any atom is 0.255 e. The molecule has 4 aromatic rings. The molecule has 2 N–H and O–H groups in total. The SMILES string of the molecule is O=C(Nc1ccc(-n2ccnc2)c(Cl)c1)c1ccc(NS(=O)(=O)C=Cc2ccccc2)cc1. The number of carbonyl (C=O) groups is 1. The predicted molar refractivity (Wildman–Crippen MR) is 131 cm³/mol. The molecule has 1 heterocycles. The predicted octanol–water partition coefficient (Wildman–Crippen LogP) is 5.19. The van der Waals surface area contributed by atoms with Crippen molar-refractivity contribution in [3.63, 3.8) is 0 Å².